The molecule has 3 nitrogen and oxygen atoms in total. The molecule has 1 fully saturated rings. The van der Waals surface area contributed by atoms with E-state index in [4.69, 9.17) is 15.2 Å². The fourth-order valence-electron chi connectivity index (χ4n) is 3.48. The minimum atomic E-state index is 0.0782. The van der Waals surface area contributed by atoms with E-state index >= 15 is 0 Å². The van der Waals surface area contributed by atoms with Crippen LogP contribution in [0.3, 0.4) is 0 Å². The number of rotatable bonds is 5. The van der Waals surface area contributed by atoms with Gasteiger partial charge in [-0.2, -0.15) is 0 Å². The Hall–Kier alpha value is -1.84. The summed E-state index contributed by atoms with van der Waals surface area (Å²) in [6.45, 7) is 6.46. The first-order valence-corrected chi connectivity index (χ1v) is 8.76. The molecule has 2 aromatic carbocycles. The Morgan fingerprint density at radius 2 is 1.71 bits per heavy atom. The van der Waals surface area contributed by atoms with Gasteiger partial charge in [0.2, 0.25) is 0 Å². The van der Waals surface area contributed by atoms with Crippen LogP contribution < -0.4 is 10.5 Å². The first-order chi connectivity index (χ1) is 11.6. The molecule has 128 valence electrons. The summed E-state index contributed by atoms with van der Waals surface area (Å²) in [5, 5.41) is 0. The van der Waals surface area contributed by atoms with Gasteiger partial charge >= 0.3 is 0 Å². The van der Waals surface area contributed by atoms with Crippen LogP contribution in [0.15, 0.2) is 42.5 Å². The van der Waals surface area contributed by atoms with Gasteiger partial charge in [-0.05, 0) is 54.9 Å². The topological polar surface area (TPSA) is 44.5 Å². The van der Waals surface area contributed by atoms with Crippen LogP contribution in [0.2, 0.25) is 0 Å². The molecule has 0 spiro atoms. The highest BCUT2D eigenvalue weighted by Gasteiger charge is 2.23. The Kier molecular flexibility index (Phi) is 5.54. The molecule has 3 heteroatoms. The normalized spacial score (nSPS) is 16.8. The Morgan fingerprint density at radius 1 is 1.08 bits per heavy atom. The maximum atomic E-state index is 6.53. The van der Waals surface area contributed by atoms with Crippen LogP contribution in [0.1, 0.15) is 41.1 Å². The molecule has 2 N–H and O–H groups in total. The summed E-state index contributed by atoms with van der Waals surface area (Å²) in [6, 6.07) is 14.7. The Labute approximate surface area is 144 Å². The van der Waals surface area contributed by atoms with Crippen LogP contribution in [0.25, 0.3) is 0 Å². The SMILES string of the molecule is Cc1cc([C@@H](N)C2CCOCC2)cc(C)c1OCc1ccccc1. The molecule has 2 aromatic rings. The lowest BCUT2D eigenvalue weighted by Gasteiger charge is -2.28. The molecule has 0 aromatic heterocycles. The summed E-state index contributed by atoms with van der Waals surface area (Å²) < 4.78 is 11.5. The second kappa shape index (κ2) is 7.82. The van der Waals surface area contributed by atoms with Gasteiger partial charge in [0.05, 0.1) is 0 Å². The van der Waals surface area contributed by atoms with E-state index in [1.54, 1.807) is 0 Å². The molecular weight excluding hydrogens is 298 g/mol. The molecule has 1 heterocycles. The van der Waals surface area contributed by atoms with Gasteiger partial charge in [0.15, 0.2) is 0 Å². The first kappa shape index (κ1) is 17.0. The highest BCUT2D eigenvalue weighted by Crippen LogP contribution is 2.33. The smallest absolute Gasteiger partial charge is 0.125 e. The van der Waals surface area contributed by atoms with Gasteiger partial charge in [0.1, 0.15) is 12.4 Å². The van der Waals surface area contributed by atoms with Crippen LogP contribution >= 0.6 is 0 Å². The van der Waals surface area contributed by atoms with Crippen molar-refractivity contribution in [1.29, 1.82) is 0 Å². The van der Waals surface area contributed by atoms with Crippen molar-refractivity contribution in [3.63, 3.8) is 0 Å². The number of hydrogen-bond donors (Lipinski definition) is 1. The van der Waals surface area contributed by atoms with Crippen LogP contribution in [0.4, 0.5) is 0 Å². The molecule has 3 rings (SSSR count). The van der Waals surface area contributed by atoms with E-state index in [1.165, 1.54) is 11.1 Å². The number of aryl methyl sites for hydroxylation is 2. The average Bonchev–Trinajstić information content (AvgIpc) is 2.62. The maximum Gasteiger partial charge on any atom is 0.125 e. The van der Waals surface area contributed by atoms with Crippen molar-refractivity contribution in [2.75, 3.05) is 13.2 Å². The molecular formula is C21H27NO2. The van der Waals surface area contributed by atoms with Gasteiger partial charge in [-0.25, -0.2) is 0 Å². The van der Waals surface area contributed by atoms with Gasteiger partial charge < -0.3 is 15.2 Å². The van der Waals surface area contributed by atoms with E-state index in [9.17, 15) is 0 Å². The van der Waals surface area contributed by atoms with Crippen LogP contribution in [0, 0.1) is 19.8 Å². The summed E-state index contributed by atoms with van der Waals surface area (Å²) in [5.41, 5.74) is 11.2. The van der Waals surface area contributed by atoms with Gasteiger partial charge in [-0.3, -0.25) is 0 Å². The summed E-state index contributed by atoms with van der Waals surface area (Å²) in [7, 11) is 0. The summed E-state index contributed by atoms with van der Waals surface area (Å²) in [4.78, 5) is 0. The van der Waals surface area contributed by atoms with Crippen molar-refractivity contribution in [2.24, 2.45) is 11.7 Å². The molecule has 0 radical (unpaired) electrons. The predicted molar refractivity (Wildman–Crippen MR) is 97.2 cm³/mol. The monoisotopic (exact) mass is 325 g/mol. The third-order valence-corrected chi connectivity index (χ3v) is 4.87. The highest BCUT2D eigenvalue weighted by molar-refractivity contribution is 5.44. The van der Waals surface area contributed by atoms with E-state index in [0.29, 0.717) is 12.5 Å². The predicted octanol–water partition coefficient (Wildman–Crippen LogP) is 4.31. The lowest BCUT2D eigenvalue weighted by Crippen LogP contribution is -2.27. The number of nitrogens with two attached hydrogens (primary N) is 1. The zero-order valence-electron chi connectivity index (χ0n) is 14.6. The van der Waals surface area contributed by atoms with E-state index in [0.717, 1.165) is 42.9 Å². The summed E-state index contributed by atoms with van der Waals surface area (Å²) in [6.07, 6.45) is 2.09. The molecule has 0 aliphatic carbocycles. The molecule has 1 atom stereocenters. The van der Waals surface area contributed by atoms with Crippen molar-refractivity contribution in [2.45, 2.75) is 39.3 Å². The second-order valence-corrected chi connectivity index (χ2v) is 6.73. The third-order valence-electron chi connectivity index (χ3n) is 4.87. The minimum Gasteiger partial charge on any atom is -0.488 e. The van der Waals surface area contributed by atoms with E-state index in [2.05, 4.69) is 38.1 Å². The largest absolute Gasteiger partial charge is 0.488 e. The van der Waals surface area contributed by atoms with Gasteiger partial charge in [0.25, 0.3) is 0 Å². The first-order valence-electron chi connectivity index (χ1n) is 8.76. The van der Waals surface area contributed by atoms with Gasteiger partial charge in [0, 0.05) is 19.3 Å². The van der Waals surface area contributed by atoms with Crippen LogP contribution in [-0.2, 0) is 11.3 Å². The molecule has 0 bridgehead atoms. The molecule has 1 saturated heterocycles. The lowest BCUT2D eigenvalue weighted by atomic mass is 9.86. The van der Waals surface area contributed by atoms with Crippen LogP contribution in [-0.4, -0.2) is 13.2 Å². The van der Waals surface area contributed by atoms with Gasteiger partial charge in [-0.1, -0.05) is 42.5 Å². The van der Waals surface area contributed by atoms with Crippen molar-refractivity contribution < 1.29 is 9.47 Å². The molecule has 24 heavy (non-hydrogen) atoms. The van der Waals surface area contributed by atoms with Crippen molar-refractivity contribution in [3.05, 3.63) is 64.7 Å². The van der Waals surface area contributed by atoms with Crippen LogP contribution in [0.5, 0.6) is 5.75 Å². The summed E-state index contributed by atoms with van der Waals surface area (Å²) >= 11 is 0. The standard InChI is InChI=1S/C21H27NO2/c1-15-12-19(20(22)18-8-10-23-11-9-18)13-16(2)21(15)24-14-17-6-4-3-5-7-17/h3-7,12-13,18,20H,8-11,14,22H2,1-2H3/t20-/m0/s1. The lowest BCUT2D eigenvalue weighted by molar-refractivity contribution is 0.0583. The average molecular weight is 325 g/mol. The zero-order valence-corrected chi connectivity index (χ0v) is 14.6. The summed E-state index contributed by atoms with van der Waals surface area (Å²) in [5.74, 6) is 1.48. The van der Waals surface area contributed by atoms with Gasteiger partial charge in [-0.15, -0.1) is 0 Å². The molecule has 1 aliphatic rings. The Bertz CT molecular complexity index is 640. The molecule has 0 unspecified atom stereocenters. The van der Waals surface area contributed by atoms with Crippen molar-refractivity contribution >= 4 is 0 Å². The third kappa shape index (κ3) is 3.97. The maximum absolute atomic E-state index is 6.53. The second-order valence-electron chi connectivity index (χ2n) is 6.73. The number of ether oxygens (including phenoxy) is 2. The minimum absolute atomic E-state index is 0.0782. The molecule has 0 saturated carbocycles. The Morgan fingerprint density at radius 3 is 2.33 bits per heavy atom. The van der Waals surface area contributed by atoms with E-state index < -0.39 is 0 Å². The van der Waals surface area contributed by atoms with E-state index in [-0.39, 0.29) is 6.04 Å². The van der Waals surface area contributed by atoms with Crippen molar-refractivity contribution in [3.8, 4) is 5.75 Å². The van der Waals surface area contributed by atoms with E-state index in [1.807, 2.05) is 18.2 Å². The fraction of sp³-hybridized carbons (Fsp3) is 0.429. The molecule has 1 aliphatic heterocycles. The van der Waals surface area contributed by atoms with Crippen molar-refractivity contribution in [1.82, 2.24) is 0 Å². The highest BCUT2D eigenvalue weighted by atomic mass is 16.5. The molecule has 0 amide bonds. The zero-order chi connectivity index (χ0) is 16.9. The number of hydrogen-bond acceptors (Lipinski definition) is 3. The Balaban J connectivity index is 1.73. The number of benzene rings is 2. The fourth-order valence-corrected chi connectivity index (χ4v) is 3.48. The quantitative estimate of drug-likeness (QED) is 0.891.